The molecule has 0 atom stereocenters. The number of hydrogen-bond acceptors (Lipinski definition) is 3. The van der Waals surface area contributed by atoms with Crippen molar-refractivity contribution in [2.24, 2.45) is 0 Å². The lowest BCUT2D eigenvalue weighted by molar-refractivity contribution is 0.0697. The van der Waals surface area contributed by atoms with E-state index in [1.54, 1.807) is 24.5 Å². The Balaban J connectivity index is 1.83. The Kier molecular flexibility index (Phi) is 3.39. The fraction of sp³-hybridized carbons (Fsp3) is 0.105. The molecule has 25 heavy (non-hydrogen) atoms. The van der Waals surface area contributed by atoms with Crippen molar-refractivity contribution in [3.05, 3.63) is 71.8 Å². The first-order valence-electron chi connectivity index (χ1n) is 7.87. The van der Waals surface area contributed by atoms with Gasteiger partial charge in [0.25, 0.3) is 0 Å². The van der Waals surface area contributed by atoms with Crippen LogP contribution in [0.4, 0.5) is 0 Å². The van der Waals surface area contributed by atoms with Crippen LogP contribution in [0.2, 0.25) is 0 Å². The fourth-order valence-corrected chi connectivity index (χ4v) is 3.01. The van der Waals surface area contributed by atoms with Gasteiger partial charge in [0.15, 0.2) is 0 Å². The van der Waals surface area contributed by atoms with Gasteiger partial charge in [-0.1, -0.05) is 12.1 Å². The maximum atomic E-state index is 11.1. The molecule has 0 radical (unpaired) electrons. The highest BCUT2D eigenvalue weighted by molar-refractivity contribution is 5.88. The van der Waals surface area contributed by atoms with E-state index in [0.29, 0.717) is 5.65 Å². The zero-order valence-corrected chi connectivity index (χ0v) is 13.8. The molecule has 0 aliphatic heterocycles. The number of carboxylic acids is 1. The van der Waals surface area contributed by atoms with E-state index in [9.17, 15) is 4.79 Å². The minimum absolute atomic E-state index is 0.223. The van der Waals surface area contributed by atoms with Gasteiger partial charge in [-0.15, -0.1) is 0 Å². The van der Waals surface area contributed by atoms with Crippen LogP contribution in [-0.4, -0.2) is 30.2 Å². The third-order valence-electron chi connectivity index (χ3n) is 4.16. The van der Waals surface area contributed by atoms with Crippen LogP contribution in [0, 0.1) is 13.8 Å². The summed E-state index contributed by atoms with van der Waals surface area (Å²) >= 11 is 0. The number of aryl methyl sites for hydroxylation is 2. The first kappa shape index (κ1) is 15.1. The number of benzene rings is 1. The molecule has 0 amide bonds. The molecule has 4 aromatic rings. The molecule has 1 aromatic carbocycles. The summed E-state index contributed by atoms with van der Waals surface area (Å²) in [4.78, 5) is 15.4. The van der Waals surface area contributed by atoms with Crippen LogP contribution in [0.25, 0.3) is 22.6 Å². The van der Waals surface area contributed by atoms with Crippen molar-refractivity contribution in [2.75, 3.05) is 0 Å². The number of carboxylic acid groups (broad SMARTS) is 1. The highest BCUT2D eigenvalue weighted by atomic mass is 16.4. The van der Waals surface area contributed by atoms with Gasteiger partial charge in [-0.25, -0.2) is 14.5 Å². The van der Waals surface area contributed by atoms with Crippen LogP contribution < -0.4 is 0 Å². The average molecular weight is 332 g/mol. The van der Waals surface area contributed by atoms with Gasteiger partial charge in [0.1, 0.15) is 5.65 Å². The largest absolute Gasteiger partial charge is 0.478 e. The Hall–Kier alpha value is -3.41. The number of carbonyl (C=O) groups is 1. The number of imidazole rings is 1. The van der Waals surface area contributed by atoms with E-state index >= 15 is 0 Å². The van der Waals surface area contributed by atoms with Gasteiger partial charge in [0.05, 0.1) is 28.8 Å². The SMILES string of the molecule is Cc1cc(C)n(-c2cccc(-c3cnc4cc(C(=O)O)ccn34)c2)n1. The predicted molar refractivity (Wildman–Crippen MR) is 94.2 cm³/mol. The van der Waals surface area contributed by atoms with E-state index in [1.165, 1.54) is 0 Å². The minimum atomic E-state index is -0.960. The van der Waals surface area contributed by atoms with E-state index in [1.807, 2.05) is 53.3 Å². The van der Waals surface area contributed by atoms with Gasteiger partial charge in [-0.3, -0.25) is 4.40 Å². The molecule has 0 aliphatic rings. The Bertz CT molecular complexity index is 1110. The second-order valence-corrected chi connectivity index (χ2v) is 5.98. The molecule has 3 heterocycles. The maximum Gasteiger partial charge on any atom is 0.335 e. The molecular weight excluding hydrogens is 316 g/mol. The molecule has 1 N–H and O–H groups in total. The van der Waals surface area contributed by atoms with Crippen LogP contribution in [0.5, 0.6) is 0 Å². The van der Waals surface area contributed by atoms with Gasteiger partial charge in [-0.2, -0.15) is 5.10 Å². The van der Waals surface area contributed by atoms with Gasteiger partial charge in [-0.05, 0) is 44.2 Å². The third-order valence-corrected chi connectivity index (χ3v) is 4.16. The molecule has 0 saturated carbocycles. The Labute approximate surface area is 144 Å². The first-order valence-corrected chi connectivity index (χ1v) is 7.87. The van der Waals surface area contributed by atoms with E-state index in [4.69, 9.17) is 5.11 Å². The second-order valence-electron chi connectivity index (χ2n) is 5.98. The van der Waals surface area contributed by atoms with Crippen molar-refractivity contribution in [3.63, 3.8) is 0 Å². The lowest BCUT2D eigenvalue weighted by atomic mass is 10.1. The molecule has 0 bridgehead atoms. The lowest BCUT2D eigenvalue weighted by Crippen LogP contribution is -2.00. The van der Waals surface area contributed by atoms with Crippen molar-refractivity contribution < 1.29 is 9.90 Å². The van der Waals surface area contributed by atoms with Crippen molar-refractivity contribution in [1.29, 1.82) is 0 Å². The lowest BCUT2D eigenvalue weighted by Gasteiger charge is -2.08. The smallest absolute Gasteiger partial charge is 0.335 e. The second kappa shape index (κ2) is 5.59. The summed E-state index contributed by atoms with van der Waals surface area (Å²) in [6.07, 6.45) is 3.48. The Morgan fingerprint density at radius 3 is 2.68 bits per heavy atom. The van der Waals surface area contributed by atoms with E-state index in [0.717, 1.165) is 28.3 Å². The summed E-state index contributed by atoms with van der Waals surface area (Å²) in [5.74, 6) is -0.960. The predicted octanol–water partition coefficient (Wildman–Crippen LogP) is 3.50. The van der Waals surface area contributed by atoms with Gasteiger partial charge < -0.3 is 5.11 Å². The van der Waals surface area contributed by atoms with Gasteiger partial charge in [0, 0.05) is 17.5 Å². The number of hydrogen-bond donors (Lipinski definition) is 1. The molecule has 3 aromatic heterocycles. The number of aromatic carboxylic acids is 1. The number of pyridine rings is 1. The Morgan fingerprint density at radius 1 is 1.12 bits per heavy atom. The first-order chi connectivity index (χ1) is 12.0. The molecule has 0 unspecified atom stereocenters. The standard InChI is InChI=1S/C19H16N4O2/c1-12-8-13(2)23(21-12)16-5-3-4-14(9-16)17-11-20-18-10-15(19(24)25)6-7-22(17)18/h3-11H,1-2H3,(H,24,25). The molecule has 4 rings (SSSR count). The van der Waals surface area contributed by atoms with Crippen LogP contribution in [0.15, 0.2) is 54.9 Å². The average Bonchev–Trinajstić information content (AvgIpc) is 3.17. The highest BCUT2D eigenvalue weighted by Crippen LogP contribution is 2.24. The van der Waals surface area contributed by atoms with E-state index in [2.05, 4.69) is 10.1 Å². The summed E-state index contributed by atoms with van der Waals surface area (Å²) in [7, 11) is 0. The van der Waals surface area contributed by atoms with E-state index in [-0.39, 0.29) is 5.56 Å². The molecule has 0 spiro atoms. The summed E-state index contributed by atoms with van der Waals surface area (Å²) in [6, 6.07) is 13.2. The molecule has 124 valence electrons. The van der Waals surface area contributed by atoms with Gasteiger partial charge >= 0.3 is 5.97 Å². The summed E-state index contributed by atoms with van der Waals surface area (Å²) in [5.41, 5.74) is 5.72. The summed E-state index contributed by atoms with van der Waals surface area (Å²) in [5, 5.41) is 13.6. The topological polar surface area (TPSA) is 72.4 Å². The quantitative estimate of drug-likeness (QED) is 0.623. The highest BCUT2D eigenvalue weighted by Gasteiger charge is 2.11. The van der Waals surface area contributed by atoms with Crippen LogP contribution in [0.3, 0.4) is 0 Å². The maximum absolute atomic E-state index is 11.1. The van der Waals surface area contributed by atoms with Crippen LogP contribution in [-0.2, 0) is 0 Å². The number of aromatic nitrogens is 4. The fourth-order valence-electron chi connectivity index (χ4n) is 3.01. The van der Waals surface area contributed by atoms with Crippen molar-refractivity contribution in [1.82, 2.24) is 19.2 Å². The van der Waals surface area contributed by atoms with E-state index < -0.39 is 5.97 Å². The third kappa shape index (κ3) is 2.57. The number of rotatable bonds is 3. The molecule has 0 aliphatic carbocycles. The number of nitrogens with zero attached hydrogens (tertiary/aromatic N) is 4. The zero-order valence-electron chi connectivity index (χ0n) is 13.8. The minimum Gasteiger partial charge on any atom is -0.478 e. The number of fused-ring (bicyclic) bond motifs is 1. The molecule has 0 saturated heterocycles. The van der Waals surface area contributed by atoms with Crippen LogP contribution in [0.1, 0.15) is 21.7 Å². The van der Waals surface area contributed by atoms with Crippen LogP contribution >= 0.6 is 0 Å². The molecule has 6 heteroatoms. The summed E-state index contributed by atoms with van der Waals surface area (Å²) in [6.45, 7) is 3.99. The van der Waals surface area contributed by atoms with Crippen molar-refractivity contribution in [2.45, 2.75) is 13.8 Å². The molecule has 6 nitrogen and oxygen atoms in total. The van der Waals surface area contributed by atoms with Gasteiger partial charge in [0.2, 0.25) is 0 Å². The van der Waals surface area contributed by atoms with Crippen molar-refractivity contribution >= 4 is 11.6 Å². The zero-order chi connectivity index (χ0) is 17.6. The monoisotopic (exact) mass is 332 g/mol. The van der Waals surface area contributed by atoms with Crippen molar-refractivity contribution in [3.8, 4) is 16.9 Å². The molecule has 0 fully saturated rings. The Morgan fingerprint density at radius 2 is 1.96 bits per heavy atom. The molecular formula is C19H16N4O2. The normalized spacial score (nSPS) is 11.1. The summed E-state index contributed by atoms with van der Waals surface area (Å²) < 4.78 is 3.79.